The first kappa shape index (κ1) is 7.07. The van der Waals surface area contributed by atoms with Crippen molar-refractivity contribution in [2.75, 3.05) is 0 Å². The van der Waals surface area contributed by atoms with Gasteiger partial charge in [-0.25, -0.2) is 0 Å². The first-order chi connectivity index (χ1) is 4.22. The van der Waals surface area contributed by atoms with Crippen LogP contribution in [0.5, 0.6) is 0 Å². The van der Waals surface area contributed by atoms with Crippen molar-refractivity contribution in [1.29, 1.82) is 0 Å². The summed E-state index contributed by atoms with van der Waals surface area (Å²) >= 11 is 0. The largest absolute Gasteiger partial charge is 0.393 e. The van der Waals surface area contributed by atoms with Gasteiger partial charge in [-0.2, -0.15) is 0 Å². The molecular weight excluding hydrogens is 112 g/mol. The third-order valence-electron chi connectivity index (χ3n) is 2.66. The average Bonchev–Trinajstić information content (AvgIpc) is 1.83. The van der Waals surface area contributed by atoms with Crippen molar-refractivity contribution in [3.8, 4) is 0 Å². The molecule has 0 aliphatic heterocycles. The molecule has 1 saturated carbocycles. The molecule has 0 spiro atoms. The minimum absolute atomic E-state index is 0.0197. The third kappa shape index (κ3) is 1.45. The van der Waals surface area contributed by atoms with Crippen molar-refractivity contribution in [1.82, 2.24) is 0 Å². The van der Waals surface area contributed by atoms with Crippen molar-refractivity contribution in [3.63, 3.8) is 0 Å². The Balaban J connectivity index is 2.41. The van der Waals surface area contributed by atoms with Gasteiger partial charge in [-0.1, -0.05) is 26.7 Å². The fourth-order valence-corrected chi connectivity index (χ4v) is 1.55. The third-order valence-corrected chi connectivity index (χ3v) is 2.66. The summed E-state index contributed by atoms with van der Waals surface area (Å²) in [7, 11) is 0. The highest BCUT2D eigenvalue weighted by Gasteiger charge is 2.24. The maximum Gasteiger partial charge on any atom is 0.0568 e. The van der Waals surface area contributed by atoms with E-state index in [1.165, 1.54) is 12.8 Å². The van der Waals surface area contributed by atoms with E-state index in [0.29, 0.717) is 5.92 Å². The highest BCUT2D eigenvalue weighted by molar-refractivity contribution is 4.75. The normalized spacial score (nSPS) is 45.0. The van der Waals surface area contributed by atoms with Gasteiger partial charge in [-0.05, 0) is 18.3 Å². The molecule has 0 amide bonds. The Kier molecular flexibility index (Phi) is 2.12. The summed E-state index contributed by atoms with van der Waals surface area (Å²) in [5.41, 5.74) is 0. The smallest absolute Gasteiger partial charge is 0.0568 e. The van der Waals surface area contributed by atoms with Gasteiger partial charge < -0.3 is 5.11 Å². The fraction of sp³-hybridized carbons (Fsp3) is 1.00. The number of rotatable bonds is 0. The summed E-state index contributed by atoms with van der Waals surface area (Å²) < 4.78 is 0. The van der Waals surface area contributed by atoms with Gasteiger partial charge in [0.15, 0.2) is 0 Å². The Labute approximate surface area is 57.1 Å². The molecule has 1 rings (SSSR count). The Morgan fingerprint density at radius 2 is 1.89 bits per heavy atom. The molecule has 1 nitrogen and oxygen atoms in total. The van der Waals surface area contributed by atoms with Crippen molar-refractivity contribution in [2.24, 2.45) is 11.8 Å². The van der Waals surface area contributed by atoms with E-state index in [1.54, 1.807) is 0 Å². The molecule has 1 fully saturated rings. The summed E-state index contributed by atoms with van der Waals surface area (Å²) in [5.74, 6) is 1.26. The minimum Gasteiger partial charge on any atom is -0.393 e. The van der Waals surface area contributed by atoms with Crippen LogP contribution < -0.4 is 0 Å². The molecular formula is C8H16O. The van der Waals surface area contributed by atoms with Gasteiger partial charge in [-0.3, -0.25) is 0 Å². The molecule has 3 atom stereocenters. The molecule has 0 saturated heterocycles. The zero-order valence-electron chi connectivity index (χ0n) is 6.30. The van der Waals surface area contributed by atoms with Crippen LogP contribution in [0.2, 0.25) is 0 Å². The molecule has 54 valence electrons. The zero-order valence-corrected chi connectivity index (χ0v) is 6.30. The van der Waals surface area contributed by atoms with Crippen LogP contribution in [-0.4, -0.2) is 11.2 Å². The fourth-order valence-electron chi connectivity index (χ4n) is 1.55. The zero-order chi connectivity index (χ0) is 6.85. The quantitative estimate of drug-likeness (QED) is 0.527. The lowest BCUT2D eigenvalue weighted by Gasteiger charge is -2.30. The molecule has 1 aliphatic rings. The SMILES string of the molecule is CC1CCC[C@H](O)[C@H]1C. The lowest BCUT2D eigenvalue weighted by molar-refractivity contribution is 0.0486. The predicted molar refractivity (Wildman–Crippen MR) is 38.2 cm³/mol. The van der Waals surface area contributed by atoms with E-state index >= 15 is 0 Å². The highest BCUT2D eigenvalue weighted by Crippen LogP contribution is 2.28. The van der Waals surface area contributed by atoms with Crippen molar-refractivity contribution < 1.29 is 5.11 Å². The number of aliphatic hydroxyl groups excluding tert-OH is 1. The topological polar surface area (TPSA) is 20.2 Å². The van der Waals surface area contributed by atoms with E-state index in [0.717, 1.165) is 12.3 Å². The van der Waals surface area contributed by atoms with Crippen LogP contribution in [0.15, 0.2) is 0 Å². The summed E-state index contributed by atoms with van der Waals surface area (Å²) in [4.78, 5) is 0. The van der Waals surface area contributed by atoms with Crippen LogP contribution in [0.1, 0.15) is 33.1 Å². The summed E-state index contributed by atoms with van der Waals surface area (Å²) in [6.45, 7) is 4.38. The second-order valence-corrected chi connectivity index (χ2v) is 3.33. The Morgan fingerprint density at radius 3 is 2.33 bits per heavy atom. The van der Waals surface area contributed by atoms with E-state index in [9.17, 15) is 5.11 Å². The Morgan fingerprint density at radius 1 is 1.22 bits per heavy atom. The van der Waals surface area contributed by atoms with Crippen LogP contribution in [-0.2, 0) is 0 Å². The van der Waals surface area contributed by atoms with Gasteiger partial charge in [-0.15, -0.1) is 0 Å². The number of hydrogen-bond donors (Lipinski definition) is 1. The molecule has 0 radical (unpaired) electrons. The van der Waals surface area contributed by atoms with Gasteiger partial charge in [0.2, 0.25) is 0 Å². The van der Waals surface area contributed by atoms with Crippen LogP contribution >= 0.6 is 0 Å². The monoisotopic (exact) mass is 128 g/mol. The van der Waals surface area contributed by atoms with Crippen LogP contribution in [0.4, 0.5) is 0 Å². The second kappa shape index (κ2) is 2.70. The molecule has 1 heteroatoms. The van der Waals surface area contributed by atoms with E-state index in [-0.39, 0.29) is 6.10 Å². The van der Waals surface area contributed by atoms with Crippen molar-refractivity contribution >= 4 is 0 Å². The molecule has 9 heavy (non-hydrogen) atoms. The van der Waals surface area contributed by atoms with Gasteiger partial charge >= 0.3 is 0 Å². The standard InChI is InChI=1S/C8H16O/c1-6-4-3-5-8(9)7(6)2/h6-9H,3-5H2,1-2H3/t6?,7-,8-/m0/s1. The van der Waals surface area contributed by atoms with Crippen LogP contribution in [0.25, 0.3) is 0 Å². The first-order valence-corrected chi connectivity index (χ1v) is 3.90. The first-order valence-electron chi connectivity index (χ1n) is 3.90. The molecule has 0 heterocycles. The van der Waals surface area contributed by atoms with Gasteiger partial charge in [0, 0.05) is 0 Å². The summed E-state index contributed by atoms with van der Waals surface area (Å²) in [5, 5.41) is 9.35. The van der Waals surface area contributed by atoms with Gasteiger partial charge in [0.1, 0.15) is 0 Å². The summed E-state index contributed by atoms with van der Waals surface area (Å²) in [6, 6.07) is 0. The molecule has 1 N–H and O–H groups in total. The number of aliphatic hydroxyl groups is 1. The Hall–Kier alpha value is -0.0400. The van der Waals surface area contributed by atoms with Crippen molar-refractivity contribution in [3.05, 3.63) is 0 Å². The van der Waals surface area contributed by atoms with Gasteiger partial charge in [0.25, 0.3) is 0 Å². The summed E-state index contributed by atoms with van der Waals surface area (Å²) in [6.07, 6.45) is 3.52. The van der Waals surface area contributed by atoms with E-state index < -0.39 is 0 Å². The minimum atomic E-state index is -0.0197. The van der Waals surface area contributed by atoms with E-state index in [1.807, 2.05) is 0 Å². The van der Waals surface area contributed by atoms with Gasteiger partial charge in [0.05, 0.1) is 6.10 Å². The molecule has 0 bridgehead atoms. The lowest BCUT2D eigenvalue weighted by atomic mass is 9.80. The van der Waals surface area contributed by atoms with E-state index in [2.05, 4.69) is 13.8 Å². The molecule has 0 aromatic rings. The molecule has 0 aromatic heterocycles. The highest BCUT2D eigenvalue weighted by atomic mass is 16.3. The molecule has 1 aliphatic carbocycles. The van der Waals surface area contributed by atoms with Crippen LogP contribution in [0.3, 0.4) is 0 Å². The van der Waals surface area contributed by atoms with Crippen LogP contribution in [0, 0.1) is 11.8 Å². The average molecular weight is 128 g/mol. The maximum atomic E-state index is 9.35. The van der Waals surface area contributed by atoms with Crippen molar-refractivity contribution in [2.45, 2.75) is 39.2 Å². The Bertz CT molecular complexity index is 80.6. The molecule has 1 unspecified atom stereocenters. The second-order valence-electron chi connectivity index (χ2n) is 3.33. The number of hydrogen-bond acceptors (Lipinski definition) is 1. The molecule has 0 aromatic carbocycles. The lowest BCUT2D eigenvalue weighted by Crippen LogP contribution is -2.28. The predicted octanol–water partition coefficient (Wildman–Crippen LogP) is 1.80. The maximum absolute atomic E-state index is 9.35. The van der Waals surface area contributed by atoms with E-state index in [4.69, 9.17) is 0 Å².